The number of esters is 1. The summed E-state index contributed by atoms with van der Waals surface area (Å²) in [6.07, 6.45) is 3.00. The number of nitrogens with one attached hydrogen (secondary N) is 1. The van der Waals surface area contributed by atoms with Crippen LogP contribution in [0.25, 0.3) is 16.9 Å². The maximum absolute atomic E-state index is 12.9. The van der Waals surface area contributed by atoms with Crippen molar-refractivity contribution >= 4 is 28.9 Å². The number of hydrogen-bond acceptors (Lipinski definition) is 8. The number of anilines is 1. The third-order valence-corrected chi connectivity index (χ3v) is 5.74. The number of nitrogens with zero attached hydrogens (tertiary/aromatic N) is 6. The molecule has 3 heterocycles. The van der Waals surface area contributed by atoms with Gasteiger partial charge < -0.3 is 10.1 Å². The van der Waals surface area contributed by atoms with Crippen molar-refractivity contribution in [2.75, 3.05) is 11.9 Å². The van der Waals surface area contributed by atoms with Crippen LogP contribution >= 0.6 is 0 Å². The smallest absolute Gasteiger partial charge is 0.343 e. The van der Waals surface area contributed by atoms with Gasteiger partial charge in [0.15, 0.2) is 5.65 Å². The molecule has 0 radical (unpaired) electrons. The van der Waals surface area contributed by atoms with Crippen molar-refractivity contribution in [1.82, 2.24) is 24.4 Å². The minimum atomic E-state index is -0.503. The predicted molar refractivity (Wildman–Crippen MR) is 131 cm³/mol. The molecule has 12 nitrogen and oxygen atoms in total. The second kappa shape index (κ2) is 9.94. The van der Waals surface area contributed by atoms with Crippen LogP contribution in [-0.4, -0.2) is 47.8 Å². The summed E-state index contributed by atoms with van der Waals surface area (Å²) >= 11 is 0. The number of hydrogen-bond donors (Lipinski definition) is 1. The number of ether oxygens (including phenoxy) is 1. The van der Waals surface area contributed by atoms with E-state index in [1.807, 2.05) is 6.07 Å². The van der Waals surface area contributed by atoms with Crippen LogP contribution in [0.5, 0.6) is 0 Å². The summed E-state index contributed by atoms with van der Waals surface area (Å²) in [5.74, 6) is -1.26. The molecule has 0 fully saturated rings. The Balaban J connectivity index is 1.54. The summed E-state index contributed by atoms with van der Waals surface area (Å²) in [6, 6.07) is 8.96. The number of carbonyl (C=O) groups is 2. The van der Waals surface area contributed by atoms with Gasteiger partial charge in [0.2, 0.25) is 5.91 Å². The van der Waals surface area contributed by atoms with Gasteiger partial charge in [0.05, 0.1) is 35.9 Å². The molecule has 1 atom stereocenters. The molecular formula is C24H25N7O5. The monoisotopic (exact) mass is 491 g/mol. The Kier molecular flexibility index (Phi) is 6.77. The molecule has 0 spiro atoms. The molecule has 1 aromatic carbocycles. The lowest BCUT2D eigenvalue weighted by molar-refractivity contribution is -0.386. The van der Waals surface area contributed by atoms with Crippen molar-refractivity contribution < 1.29 is 19.2 Å². The predicted octanol–water partition coefficient (Wildman–Crippen LogP) is 3.57. The number of aryl methyl sites for hydroxylation is 1. The van der Waals surface area contributed by atoms with Crippen LogP contribution in [0, 0.1) is 29.9 Å². The first-order valence-corrected chi connectivity index (χ1v) is 11.3. The van der Waals surface area contributed by atoms with E-state index in [4.69, 9.17) is 4.74 Å². The normalized spacial score (nSPS) is 11.9. The van der Waals surface area contributed by atoms with Gasteiger partial charge in [-0.1, -0.05) is 19.1 Å². The second-order valence-electron chi connectivity index (χ2n) is 8.27. The van der Waals surface area contributed by atoms with Crippen molar-refractivity contribution in [3.63, 3.8) is 0 Å². The fourth-order valence-electron chi connectivity index (χ4n) is 3.96. The van der Waals surface area contributed by atoms with Crippen LogP contribution < -0.4 is 5.32 Å². The molecule has 0 saturated heterocycles. The molecule has 0 aliphatic heterocycles. The Morgan fingerprint density at radius 3 is 2.72 bits per heavy atom. The van der Waals surface area contributed by atoms with Gasteiger partial charge in [-0.2, -0.15) is 10.2 Å². The summed E-state index contributed by atoms with van der Waals surface area (Å²) in [5.41, 5.74) is 3.30. The molecule has 4 aromatic rings. The minimum Gasteiger partial charge on any atom is -0.462 e. The zero-order chi connectivity index (χ0) is 26.0. The van der Waals surface area contributed by atoms with E-state index in [9.17, 15) is 19.7 Å². The van der Waals surface area contributed by atoms with Crippen LogP contribution in [0.15, 0.2) is 42.7 Å². The largest absolute Gasteiger partial charge is 0.462 e. The Bertz CT molecular complexity index is 1470. The molecule has 1 N–H and O–H groups in total. The van der Waals surface area contributed by atoms with Crippen LogP contribution in [0.3, 0.4) is 0 Å². The Morgan fingerprint density at radius 1 is 1.25 bits per heavy atom. The zero-order valence-electron chi connectivity index (χ0n) is 20.3. The average molecular weight is 492 g/mol. The summed E-state index contributed by atoms with van der Waals surface area (Å²) in [4.78, 5) is 40.2. The summed E-state index contributed by atoms with van der Waals surface area (Å²) < 4.78 is 8.11. The summed E-state index contributed by atoms with van der Waals surface area (Å²) in [6.45, 7) is 7.08. The molecule has 1 unspecified atom stereocenters. The summed E-state index contributed by atoms with van der Waals surface area (Å²) in [7, 11) is 0. The molecule has 186 valence electrons. The lowest BCUT2D eigenvalue weighted by Gasteiger charge is -2.14. The number of nitro groups is 1. The second-order valence-corrected chi connectivity index (χ2v) is 8.27. The molecule has 4 rings (SSSR count). The van der Waals surface area contributed by atoms with Crippen LogP contribution in [-0.2, 0) is 16.1 Å². The Morgan fingerprint density at radius 2 is 2.03 bits per heavy atom. The molecule has 12 heteroatoms. The number of amides is 1. The quantitative estimate of drug-likeness (QED) is 0.224. The third-order valence-electron chi connectivity index (χ3n) is 5.74. The average Bonchev–Trinajstić information content (AvgIpc) is 3.39. The lowest BCUT2D eigenvalue weighted by Crippen LogP contribution is -2.25. The highest BCUT2D eigenvalue weighted by atomic mass is 16.6. The van der Waals surface area contributed by atoms with Gasteiger partial charge in [-0.25, -0.2) is 14.3 Å². The molecule has 0 saturated carbocycles. The van der Waals surface area contributed by atoms with Crippen molar-refractivity contribution in [3.8, 4) is 11.3 Å². The first-order chi connectivity index (χ1) is 17.2. The standard InChI is InChI=1S/C24H25N7O5/c1-5-36-24(33)19-12-26-30-20(9-10-25-22(19)30)17-7-6-8-18(11-17)27-23(32)14(2)13-29-16(4)21(31(34)35)15(3)28-29/h6-12,14H,5,13H2,1-4H3,(H,27,32). The van der Waals surface area contributed by atoms with Gasteiger partial charge in [0.1, 0.15) is 17.0 Å². The van der Waals surface area contributed by atoms with Crippen LogP contribution in [0.1, 0.15) is 35.6 Å². The van der Waals surface area contributed by atoms with Gasteiger partial charge in [0.25, 0.3) is 0 Å². The highest BCUT2D eigenvalue weighted by Gasteiger charge is 2.24. The van der Waals surface area contributed by atoms with Crippen molar-refractivity contribution in [1.29, 1.82) is 0 Å². The molecule has 0 bridgehead atoms. The van der Waals surface area contributed by atoms with E-state index >= 15 is 0 Å². The molecular weight excluding hydrogens is 466 g/mol. The minimum absolute atomic E-state index is 0.0382. The SMILES string of the molecule is CCOC(=O)c1cnn2c(-c3cccc(NC(=O)C(C)Cn4nc(C)c([N+](=O)[O-])c4C)c3)ccnc12. The molecule has 0 aliphatic rings. The van der Waals surface area contributed by atoms with Gasteiger partial charge in [-0.15, -0.1) is 0 Å². The van der Waals surface area contributed by atoms with Crippen LogP contribution in [0.2, 0.25) is 0 Å². The summed E-state index contributed by atoms with van der Waals surface area (Å²) in [5, 5.41) is 22.7. The van der Waals surface area contributed by atoms with Gasteiger partial charge >= 0.3 is 11.7 Å². The molecule has 36 heavy (non-hydrogen) atoms. The van der Waals surface area contributed by atoms with Gasteiger partial charge in [0, 0.05) is 17.4 Å². The number of carbonyl (C=O) groups excluding carboxylic acids is 2. The van der Waals surface area contributed by atoms with Crippen molar-refractivity contribution in [2.24, 2.45) is 5.92 Å². The molecule has 0 aliphatic carbocycles. The van der Waals surface area contributed by atoms with Crippen molar-refractivity contribution in [2.45, 2.75) is 34.2 Å². The maximum atomic E-state index is 12.9. The highest BCUT2D eigenvalue weighted by Crippen LogP contribution is 2.25. The van der Waals surface area contributed by atoms with E-state index in [1.54, 1.807) is 62.7 Å². The first-order valence-electron chi connectivity index (χ1n) is 11.3. The van der Waals surface area contributed by atoms with E-state index in [2.05, 4.69) is 20.5 Å². The Labute approximate surface area is 206 Å². The molecule has 3 aromatic heterocycles. The number of rotatable bonds is 8. The Hall–Kier alpha value is -4.61. The van der Waals surface area contributed by atoms with Crippen molar-refractivity contribution in [3.05, 3.63) is 69.8 Å². The fourth-order valence-corrected chi connectivity index (χ4v) is 3.96. The van der Waals surface area contributed by atoms with Crippen LogP contribution in [0.4, 0.5) is 11.4 Å². The van der Waals surface area contributed by atoms with E-state index < -0.39 is 16.8 Å². The molecule has 1 amide bonds. The third kappa shape index (κ3) is 4.65. The van der Waals surface area contributed by atoms with Gasteiger partial charge in [-0.3, -0.25) is 19.6 Å². The van der Waals surface area contributed by atoms with Gasteiger partial charge in [-0.05, 0) is 39.0 Å². The fraction of sp³-hybridized carbons (Fsp3) is 0.292. The van der Waals surface area contributed by atoms with E-state index in [0.717, 1.165) is 5.56 Å². The van der Waals surface area contributed by atoms with E-state index in [0.29, 0.717) is 28.4 Å². The number of aromatic nitrogens is 5. The lowest BCUT2D eigenvalue weighted by atomic mass is 10.1. The maximum Gasteiger partial charge on any atom is 0.343 e. The zero-order valence-corrected chi connectivity index (χ0v) is 20.3. The number of benzene rings is 1. The number of fused-ring (bicyclic) bond motifs is 1. The topological polar surface area (TPSA) is 147 Å². The highest BCUT2D eigenvalue weighted by molar-refractivity contribution is 5.96. The van der Waals surface area contributed by atoms with E-state index in [-0.39, 0.29) is 30.3 Å². The first kappa shape index (κ1) is 24.5. The van der Waals surface area contributed by atoms with E-state index in [1.165, 1.54) is 10.9 Å².